The van der Waals surface area contributed by atoms with Gasteiger partial charge in [0.25, 0.3) is 11.6 Å². The zero-order valence-electron chi connectivity index (χ0n) is 12.8. The third-order valence-corrected chi connectivity index (χ3v) is 3.84. The highest BCUT2D eigenvalue weighted by atomic mass is 16.6. The largest absolute Gasteiger partial charge is 0.507 e. The van der Waals surface area contributed by atoms with Crippen molar-refractivity contribution >= 4 is 16.5 Å². The number of hydrogen-bond acceptors (Lipinski definition) is 6. The van der Waals surface area contributed by atoms with Gasteiger partial charge < -0.3 is 9.52 Å². The summed E-state index contributed by atoms with van der Waals surface area (Å²) >= 11 is 0. The van der Waals surface area contributed by atoms with Crippen LogP contribution in [-0.4, -0.2) is 20.2 Å². The number of fused-ring (bicyclic) bond motifs is 1. The van der Waals surface area contributed by atoms with Gasteiger partial charge in [0.05, 0.1) is 10.5 Å². The van der Waals surface area contributed by atoms with Crippen molar-refractivity contribution in [3.63, 3.8) is 0 Å². The SMILES string of the molecule is O=[N+]([O-])c1ccc(-c2nnc(-c3cc4ccccc4cc3O)o2)cc1. The van der Waals surface area contributed by atoms with Crippen molar-refractivity contribution in [2.24, 2.45) is 0 Å². The molecule has 7 nitrogen and oxygen atoms in total. The predicted molar refractivity (Wildman–Crippen MR) is 91.0 cm³/mol. The van der Waals surface area contributed by atoms with Gasteiger partial charge in [-0.05, 0) is 35.0 Å². The number of phenolic OH excluding ortho intramolecular Hbond substituents is 1. The van der Waals surface area contributed by atoms with E-state index in [1.165, 1.54) is 24.3 Å². The number of benzene rings is 3. The average Bonchev–Trinajstić information content (AvgIpc) is 3.11. The van der Waals surface area contributed by atoms with Crippen LogP contribution in [0.15, 0.2) is 65.1 Å². The Hall–Kier alpha value is -3.74. The molecule has 3 aromatic carbocycles. The molecule has 122 valence electrons. The maximum Gasteiger partial charge on any atom is 0.269 e. The first kappa shape index (κ1) is 14.8. The van der Waals surface area contributed by atoms with E-state index in [0.717, 1.165) is 10.8 Å². The second-order valence-electron chi connectivity index (χ2n) is 5.43. The predicted octanol–water partition coefficient (Wildman–Crippen LogP) is 4.17. The van der Waals surface area contributed by atoms with Crippen LogP contribution in [0.1, 0.15) is 0 Å². The van der Waals surface area contributed by atoms with Crippen LogP contribution in [0.4, 0.5) is 5.69 Å². The standard InChI is InChI=1S/C18H11N3O4/c22-16-10-13-4-2-1-3-12(13)9-15(16)18-20-19-17(25-18)11-5-7-14(8-6-11)21(23)24/h1-10,22H. The van der Waals surface area contributed by atoms with Crippen molar-refractivity contribution in [2.45, 2.75) is 0 Å². The summed E-state index contributed by atoms with van der Waals surface area (Å²) in [5, 5.41) is 30.7. The average molecular weight is 333 g/mol. The molecule has 0 bridgehead atoms. The fourth-order valence-corrected chi connectivity index (χ4v) is 2.57. The minimum atomic E-state index is -0.476. The molecule has 0 saturated carbocycles. The summed E-state index contributed by atoms with van der Waals surface area (Å²) in [6.45, 7) is 0. The first-order chi connectivity index (χ1) is 12.1. The highest BCUT2D eigenvalue weighted by molar-refractivity contribution is 5.89. The number of nitro groups is 1. The van der Waals surface area contributed by atoms with Crippen LogP contribution in [0.25, 0.3) is 33.7 Å². The quantitative estimate of drug-likeness (QED) is 0.446. The summed E-state index contributed by atoms with van der Waals surface area (Å²) in [5.41, 5.74) is 0.972. The van der Waals surface area contributed by atoms with Crippen molar-refractivity contribution in [3.05, 3.63) is 70.8 Å². The van der Waals surface area contributed by atoms with Gasteiger partial charge in [0.15, 0.2) is 0 Å². The number of nitrogens with zero attached hydrogens (tertiary/aromatic N) is 3. The highest BCUT2D eigenvalue weighted by Crippen LogP contribution is 2.34. The van der Waals surface area contributed by atoms with Crippen molar-refractivity contribution in [3.8, 4) is 28.7 Å². The minimum Gasteiger partial charge on any atom is -0.507 e. The van der Waals surface area contributed by atoms with Crippen LogP contribution in [-0.2, 0) is 0 Å². The van der Waals surface area contributed by atoms with Gasteiger partial charge in [-0.2, -0.15) is 0 Å². The molecule has 7 heteroatoms. The molecule has 0 radical (unpaired) electrons. The summed E-state index contributed by atoms with van der Waals surface area (Å²) in [6.07, 6.45) is 0. The Labute approximate surface area is 141 Å². The molecule has 1 aromatic heterocycles. The van der Waals surface area contributed by atoms with Gasteiger partial charge in [-0.3, -0.25) is 10.1 Å². The summed E-state index contributed by atoms with van der Waals surface area (Å²) in [4.78, 5) is 10.2. The number of aromatic nitrogens is 2. The molecule has 0 atom stereocenters. The molecule has 0 fully saturated rings. The van der Waals surface area contributed by atoms with Gasteiger partial charge in [0.1, 0.15) is 5.75 Å². The summed E-state index contributed by atoms with van der Waals surface area (Å²) in [7, 11) is 0. The maximum absolute atomic E-state index is 10.7. The molecule has 4 rings (SSSR count). The van der Waals surface area contributed by atoms with E-state index in [1.54, 1.807) is 12.1 Å². The molecule has 25 heavy (non-hydrogen) atoms. The fourth-order valence-electron chi connectivity index (χ4n) is 2.57. The van der Waals surface area contributed by atoms with E-state index in [-0.39, 0.29) is 23.2 Å². The van der Waals surface area contributed by atoms with Crippen LogP contribution in [0.5, 0.6) is 5.75 Å². The smallest absolute Gasteiger partial charge is 0.269 e. The molecule has 0 aliphatic heterocycles. The second-order valence-corrected chi connectivity index (χ2v) is 5.43. The summed E-state index contributed by atoms with van der Waals surface area (Å²) in [6, 6.07) is 16.8. The Morgan fingerprint density at radius 3 is 2.24 bits per heavy atom. The number of nitro benzene ring substituents is 1. The van der Waals surface area contributed by atoms with Crippen LogP contribution in [0, 0.1) is 10.1 Å². The van der Waals surface area contributed by atoms with Gasteiger partial charge in [0, 0.05) is 17.7 Å². The number of rotatable bonds is 3. The minimum absolute atomic E-state index is 0.0179. The third kappa shape index (κ3) is 2.67. The molecule has 0 amide bonds. The maximum atomic E-state index is 10.7. The van der Waals surface area contributed by atoms with E-state index in [0.29, 0.717) is 11.1 Å². The van der Waals surface area contributed by atoms with E-state index >= 15 is 0 Å². The Morgan fingerprint density at radius 1 is 0.920 bits per heavy atom. The molecule has 0 saturated heterocycles. The van der Waals surface area contributed by atoms with E-state index in [2.05, 4.69) is 10.2 Å². The van der Waals surface area contributed by atoms with Gasteiger partial charge in [-0.1, -0.05) is 24.3 Å². The van der Waals surface area contributed by atoms with Gasteiger partial charge >= 0.3 is 0 Å². The van der Waals surface area contributed by atoms with Crippen LogP contribution in [0.2, 0.25) is 0 Å². The van der Waals surface area contributed by atoms with Crippen LogP contribution < -0.4 is 0 Å². The van der Waals surface area contributed by atoms with Gasteiger partial charge in [-0.25, -0.2) is 0 Å². The fraction of sp³-hybridized carbons (Fsp3) is 0. The van der Waals surface area contributed by atoms with E-state index in [4.69, 9.17) is 4.42 Å². The first-order valence-corrected chi connectivity index (χ1v) is 7.42. The lowest BCUT2D eigenvalue weighted by atomic mass is 10.1. The van der Waals surface area contributed by atoms with Crippen molar-refractivity contribution in [1.29, 1.82) is 0 Å². The molecular weight excluding hydrogens is 322 g/mol. The molecule has 1 heterocycles. The Kier molecular flexibility index (Phi) is 3.39. The highest BCUT2D eigenvalue weighted by Gasteiger charge is 2.15. The molecule has 0 aliphatic carbocycles. The lowest BCUT2D eigenvalue weighted by molar-refractivity contribution is -0.384. The summed E-state index contributed by atoms with van der Waals surface area (Å²) < 4.78 is 5.63. The Balaban J connectivity index is 1.74. The Bertz CT molecular complexity index is 1090. The molecule has 0 spiro atoms. The molecule has 0 unspecified atom stereocenters. The lowest BCUT2D eigenvalue weighted by Gasteiger charge is -2.03. The normalized spacial score (nSPS) is 10.9. The van der Waals surface area contributed by atoms with Gasteiger partial charge in [-0.15, -0.1) is 10.2 Å². The van der Waals surface area contributed by atoms with Crippen LogP contribution in [0.3, 0.4) is 0 Å². The molecule has 4 aromatic rings. The number of phenols is 1. The molecule has 1 N–H and O–H groups in total. The van der Waals surface area contributed by atoms with E-state index in [9.17, 15) is 15.2 Å². The second kappa shape index (κ2) is 5.72. The van der Waals surface area contributed by atoms with Crippen molar-refractivity contribution < 1.29 is 14.4 Å². The molecule has 0 aliphatic rings. The number of non-ortho nitro benzene ring substituents is 1. The molecular formula is C18H11N3O4. The number of aromatic hydroxyl groups is 1. The lowest BCUT2D eigenvalue weighted by Crippen LogP contribution is -1.87. The van der Waals surface area contributed by atoms with Crippen molar-refractivity contribution in [2.75, 3.05) is 0 Å². The topological polar surface area (TPSA) is 102 Å². The zero-order chi connectivity index (χ0) is 17.4. The zero-order valence-corrected chi connectivity index (χ0v) is 12.8. The van der Waals surface area contributed by atoms with Gasteiger partial charge in [0.2, 0.25) is 5.89 Å². The van der Waals surface area contributed by atoms with E-state index < -0.39 is 4.92 Å². The Morgan fingerprint density at radius 2 is 1.56 bits per heavy atom. The van der Waals surface area contributed by atoms with E-state index in [1.807, 2.05) is 24.3 Å². The summed E-state index contributed by atoms with van der Waals surface area (Å²) in [5.74, 6) is 0.437. The first-order valence-electron chi connectivity index (χ1n) is 7.42. The third-order valence-electron chi connectivity index (χ3n) is 3.84. The monoisotopic (exact) mass is 333 g/mol. The van der Waals surface area contributed by atoms with Crippen LogP contribution >= 0.6 is 0 Å². The van der Waals surface area contributed by atoms with Crippen molar-refractivity contribution in [1.82, 2.24) is 10.2 Å². The number of hydrogen-bond donors (Lipinski definition) is 1.